The number of rotatable bonds is 2. The van der Waals surface area contributed by atoms with Gasteiger partial charge in [0.1, 0.15) is 0 Å². The third-order valence-corrected chi connectivity index (χ3v) is 2.85. The minimum atomic E-state index is -0.294. The van der Waals surface area contributed by atoms with Crippen LogP contribution in [0.3, 0.4) is 0 Å². The molecule has 0 saturated carbocycles. The van der Waals surface area contributed by atoms with Crippen LogP contribution in [-0.2, 0) is 6.42 Å². The van der Waals surface area contributed by atoms with E-state index in [4.69, 9.17) is 0 Å². The molecule has 0 saturated heterocycles. The van der Waals surface area contributed by atoms with Gasteiger partial charge in [0, 0.05) is 12.3 Å². The molecule has 0 radical (unpaired) electrons. The molecule has 1 aliphatic carbocycles. The molecule has 1 N–H and O–H groups in total. The van der Waals surface area contributed by atoms with E-state index in [2.05, 4.69) is 24.0 Å². The summed E-state index contributed by atoms with van der Waals surface area (Å²) in [5, 5.41) is 9.84. The number of fused-ring (bicyclic) bond motifs is 1. The molecule has 0 aromatic heterocycles. The largest absolute Gasteiger partial charge is 0.391 e. The van der Waals surface area contributed by atoms with Crippen molar-refractivity contribution in [2.45, 2.75) is 31.8 Å². The summed E-state index contributed by atoms with van der Waals surface area (Å²) in [5.74, 6) is 6.06. The van der Waals surface area contributed by atoms with E-state index in [9.17, 15) is 5.11 Å². The summed E-state index contributed by atoms with van der Waals surface area (Å²) in [6.45, 7) is 1.81. The minimum absolute atomic E-state index is 0.294. The minimum Gasteiger partial charge on any atom is -0.391 e. The topological polar surface area (TPSA) is 20.2 Å². The molecule has 14 heavy (non-hydrogen) atoms. The highest BCUT2D eigenvalue weighted by atomic mass is 16.3. The normalized spacial score (nSPS) is 20.0. The third kappa shape index (κ3) is 1.54. The van der Waals surface area contributed by atoms with Crippen molar-refractivity contribution < 1.29 is 5.11 Å². The van der Waals surface area contributed by atoms with Gasteiger partial charge in [-0.1, -0.05) is 24.3 Å². The second-order valence-corrected chi connectivity index (χ2v) is 3.71. The van der Waals surface area contributed by atoms with E-state index < -0.39 is 0 Å². The number of benzene rings is 1. The Labute approximate surface area is 84.8 Å². The fourth-order valence-corrected chi connectivity index (χ4v) is 1.99. The van der Waals surface area contributed by atoms with Crippen LogP contribution in [0.5, 0.6) is 0 Å². The average Bonchev–Trinajstić information content (AvgIpc) is 2.17. The SMILES string of the molecule is CC#CCC(O)C1Cc2ccccc21. The summed E-state index contributed by atoms with van der Waals surface area (Å²) in [6.07, 6.45) is 1.30. The predicted molar refractivity (Wildman–Crippen MR) is 57.0 cm³/mol. The maximum atomic E-state index is 9.84. The summed E-state index contributed by atoms with van der Waals surface area (Å²) in [4.78, 5) is 0. The van der Waals surface area contributed by atoms with E-state index in [0.717, 1.165) is 6.42 Å². The van der Waals surface area contributed by atoms with Crippen molar-refractivity contribution in [1.82, 2.24) is 0 Å². The molecule has 2 atom stereocenters. The second kappa shape index (κ2) is 3.86. The van der Waals surface area contributed by atoms with Crippen molar-refractivity contribution in [2.75, 3.05) is 0 Å². The molecule has 1 aliphatic rings. The van der Waals surface area contributed by atoms with Crippen molar-refractivity contribution in [3.63, 3.8) is 0 Å². The van der Waals surface area contributed by atoms with Gasteiger partial charge in [0.15, 0.2) is 0 Å². The zero-order valence-corrected chi connectivity index (χ0v) is 8.33. The second-order valence-electron chi connectivity index (χ2n) is 3.71. The van der Waals surface area contributed by atoms with Crippen molar-refractivity contribution in [1.29, 1.82) is 0 Å². The Balaban J connectivity index is 2.06. The Hall–Kier alpha value is -1.26. The van der Waals surface area contributed by atoms with Crippen LogP contribution in [0.25, 0.3) is 0 Å². The van der Waals surface area contributed by atoms with Crippen LogP contribution in [0.15, 0.2) is 24.3 Å². The number of hydrogen-bond acceptors (Lipinski definition) is 1. The van der Waals surface area contributed by atoms with E-state index in [0.29, 0.717) is 12.3 Å². The van der Waals surface area contributed by atoms with Crippen LogP contribution in [0, 0.1) is 11.8 Å². The Morgan fingerprint density at radius 3 is 3.00 bits per heavy atom. The van der Waals surface area contributed by atoms with Gasteiger partial charge in [0.05, 0.1) is 6.10 Å². The van der Waals surface area contributed by atoms with Gasteiger partial charge >= 0.3 is 0 Å². The Bertz CT molecular complexity index is 384. The van der Waals surface area contributed by atoms with E-state index in [-0.39, 0.29) is 6.10 Å². The van der Waals surface area contributed by atoms with Crippen molar-refractivity contribution in [2.24, 2.45) is 0 Å². The van der Waals surface area contributed by atoms with Crippen LogP contribution in [0.1, 0.15) is 30.4 Å². The molecule has 2 unspecified atom stereocenters. The van der Waals surface area contributed by atoms with Gasteiger partial charge in [0.2, 0.25) is 0 Å². The zero-order valence-electron chi connectivity index (χ0n) is 8.33. The lowest BCUT2D eigenvalue weighted by molar-refractivity contribution is 0.138. The predicted octanol–water partition coefficient (Wildman–Crippen LogP) is 2.10. The standard InChI is InChI=1S/C13H14O/c1-2-3-8-13(14)12-9-10-6-4-5-7-11(10)12/h4-7,12-14H,8-9H2,1H3. The maximum Gasteiger partial charge on any atom is 0.0721 e. The van der Waals surface area contributed by atoms with Gasteiger partial charge in [-0.25, -0.2) is 0 Å². The first-order valence-electron chi connectivity index (χ1n) is 4.98. The smallest absolute Gasteiger partial charge is 0.0721 e. The number of aliphatic hydroxyl groups excluding tert-OH is 1. The van der Waals surface area contributed by atoms with Gasteiger partial charge in [-0.05, 0) is 24.5 Å². The summed E-state index contributed by atoms with van der Waals surface area (Å²) in [6, 6.07) is 8.31. The van der Waals surface area contributed by atoms with Crippen molar-refractivity contribution >= 4 is 0 Å². The lowest BCUT2D eigenvalue weighted by atomic mass is 9.74. The van der Waals surface area contributed by atoms with Gasteiger partial charge < -0.3 is 5.11 Å². The fraction of sp³-hybridized carbons (Fsp3) is 0.385. The lowest BCUT2D eigenvalue weighted by Gasteiger charge is -2.33. The lowest BCUT2D eigenvalue weighted by Crippen LogP contribution is -2.28. The molecule has 1 nitrogen and oxygen atoms in total. The van der Waals surface area contributed by atoms with E-state index in [1.165, 1.54) is 11.1 Å². The highest BCUT2D eigenvalue weighted by molar-refractivity contribution is 5.41. The van der Waals surface area contributed by atoms with Gasteiger partial charge in [-0.3, -0.25) is 0 Å². The molecule has 0 aliphatic heterocycles. The van der Waals surface area contributed by atoms with Crippen molar-refractivity contribution in [3.8, 4) is 11.8 Å². The quantitative estimate of drug-likeness (QED) is 0.701. The molecule has 1 aromatic carbocycles. The first-order chi connectivity index (χ1) is 6.83. The van der Waals surface area contributed by atoms with Crippen LogP contribution >= 0.6 is 0 Å². The Morgan fingerprint density at radius 2 is 2.29 bits per heavy atom. The van der Waals surface area contributed by atoms with Gasteiger partial charge in [-0.2, -0.15) is 0 Å². The summed E-state index contributed by atoms with van der Waals surface area (Å²) < 4.78 is 0. The van der Waals surface area contributed by atoms with Crippen LogP contribution in [-0.4, -0.2) is 11.2 Å². The average molecular weight is 186 g/mol. The molecule has 0 fully saturated rings. The molecule has 72 valence electrons. The first kappa shape index (κ1) is 9.30. The van der Waals surface area contributed by atoms with Crippen LogP contribution in [0.4, 0.5) is 0 Å². The summed E-state index contributed by atoms with van der Waals surface area (Å²) >= 11 is 0. The molecule has 0 heterocycles. The highest BCUT2D eigenvalue weighted by Gasteiger charge is 2.30. The van der Waals surface area contributed by atoms with Gasteiger partial charge in [0.25, 0.3) is 0 Å². The summed E-state index contributed by atoms with van der Waals surface area (Å²) in [5.41, 5.74) is 2.68. The number of aliphatic hydroxyl groups is 1. The maximum absolute atomic E-state index is 9.84. The van der Waals surface area contributed by atoms with E-state index >= 15 is 0 Å². The highest BCUT2D eigenvalue weighted by Crippen LogP contribution is 2.37. The molecule has 2 rings (SSSR count). The van der Waals surface area contributed by atoms with Crippen LogP contribution < -0.4 is 0 Å². The molecule has 0 spiro atoms. The van der Waals surface area contributed by atoms with E-state index in [1.807, 2.05) is 12.1 Å². The first-order valence-corrected chi connectivity index (χ1v) is 4.98. The Kier molecular flexibility index (Phi) is 2.56. The molecule has 0 bridgehead atoms. The molecule has 1 aromatic rings. The molecular weight excluding hydrogens is 172 g/mol. The van der Waals surface area contributed by atoms with Gasteiger partial charge in [-0.15, -0.1) is 11.8 Å². The fourth-order valence-electron chi connectivity index (χ4n) is 1.99. The third-order valence-electron chi connectivity index (χ3n) is 2.85. The molecule has 1 heteroatoms. The van der Waals surface area contributed by atoms with E-state index in [1.54, 1.807) is 6.92 Å². The van der Waals surface area contributed by atoms with Crippen LogP contribution in [0.2, 0.25) is 0 Å². The molecular formula is C13H14O. The zero-order chi connectivity index (χ0) is 9.97. The summed E-state index contributed by atoms with van der Waals surface area (Å²) in [7, 11) is 0. The Morgan fingerprint density at radius 1 is 1.50 bits per heavy atom. The number of hydrogen-bond donors (Lipinski definition) is 1. The van der Waals surface area contributed by atoms with Crippen molar-refractivity contribution in [3.05, 3.63) is 35.4 Å². The molecule has 0 amide bonds. The monoisotopic (exact) mass is 186 g/mol.